The molecule has 1 fully saturated rings. The van der Waals surface area contributed by atoms with Gasteiger partial charge < -0.3 is 10.2 Å². The highest BCUT2D eigenvalue weighted by atomic mass is 35.5. The van der Waals surface area contributed by atoms with Gasteiger partial charge in [-0.25, -0.2) is 12.8 Å². The molecule has 1 N–H and O–H groups in total. The number of hydrogen-bond donors (Lipinski definition) is 1. The zero-order chi connectivity index (χ0) is 30.4. The van der Waals surface area contributed by atoms with Crippen LogP contribution in [0, 0.1) is 12.7 Å². The van der Waals surface area contributed by atoms with Crippen molar-refractivity contribution in [2.45, 2.75) is 69.5 Å². The minimum atomic E-state index is -4.38. The van der Waals surface area contributed by atoms with E-state index in [1.165, 1.54) is 41.3 Å². The number of nitrogens with one attached hydrogen (secondary N) is 1. The van der Waals surface area contributed by atoms with Crippen LogP contribution in [0.25, 0.3) is 0 Å². The first kappa shape index (κ1) is 31.8. The summed E-state index contributed by atoms with van der Waals surface area (Å²) < 4.78 is 43.5. The Balaban J connectivity index is 1.70. The quantitative estimate of drug-likeness (QED) is 0.276. The largest absolute Gasteiger partial charge is 0.352 e. The van der Waals surface area contributed by atoms with Gasteiger partial charge in [-0.2, -0.15) is 0 Å². The highest BCUT2D eigenvalue weighted by Gasteiger charge is 2.34. The minimum Gasteiger partial charge on any atom is -0.352 e. The number of hydrogen-bond acceptors (Lipinski definition) is 4. The Labute approximate surface area is 256 Å². The van der Waals surface area contributed by atoms with Crippen LogP contribution < -0.4 is 9.62 Å². The fourth-order valence-corrected chi connectivity index (χ4v) is 6.88. The Hall–Kier alpha value is -3.14. The van der Waals surface area contributed by atoms with Gasteiger partial charge in [0.15, 0.2) is 0 Å². The van der Waals surface area contributed by atoms with E-state index in [1.54, 1.807) is 31.2 Å². The molecule has 1 atom stereocenters. The molecule has 11 heteroatoms. The van der Waals surface area contributed by atoms with Crippen LogP contribution in [0.3, 0.4) is 0 Å². The highest BCUT2D eigenvalue weighted by molar-refractivity contribution is 7.92. The lowest BCUT2D eigenvalue weighted by molar-refractivity contribution is -0.139. The average molecular weight is 635 g/mol. The van der Waals surface area contributed by atoms with Crippen molar-refractivity contribution >= 4 is 50.7 Å². The molecule has 3 aromatic carbocycles. The average Bonchev–Trinajstić information content (AvgIpc) is 2.96. The molecule has 1 aliphatic rings. The van der Waals surface area contributed by atoms with Gasteiger partial charge in [-0.3, -0.25) is 13.9 Å². The molecule has 0 saturated heterocycles. The Morgan fingerprint density at radius 2 is 1.67 bits per heavy atom. The molecule has 4 rings (SSSR count). The first-order valence-corrected chi connectivity index (χ1v) is 16.0. The molecular formula is C31H34Cl2FN3O4S. The SMILES string of the molecule is Cc1ccc(S(=O)(=O)N(CC(=O)N(Cc2ccc(Cl)cc2Cl)[C@H](C)C(=O)NC2CCCCC2)c2ccccc2F)cc1. The van der Waals surface area contributed by atoms with Crippen LogP contribution in [0.15, 0.2) is 71.6 Å². The number of anilines is 1. The van der Waals surface area contributed by atoms with Gasteiger partial charge in [-0.05, 0) is 68.7 Å². The molecule has 224 valence electrons. The molecule has 0 radical (unpaired) electrons. The van der Waals surface area contributed by atoms with Crippen molar-refractivity contribution < 1.29 is 22.4 Å². The van der Waals surface area contributed by atoms with E-state index in [4.69, 9.17) is 23.2 Å². The standard InChI is InChI=1S/C31H34Cl2FN3O4S/c1-21-12-16-26(17-13-21)42(40,41)37(29-11-7-6-10-28(29)34)20-30(38)36(19-23-14-15-24(32)18-27(23)33)22(2)31(39)35-25-8-4-3-5-9-25/h6-7,10-18,22,25H,3-5,8-9,19-20H2,1-2H3,(H,35,39)/t22-/m1/s1. The van der Waals surface area contributed by atoms with Crippen LogP contribution in [0.2, 0.25) is 10.0 Å². The van der Waals surface area contributed by atoms with Crippen LogP contribution in [-0.2, 0) is 26.2 Å². The topological polar surface area (TPSA) is 86.8 Å². The van der Waals surface area contributed by atoms with Gasteiger partial charge in [0.1, 0.15) is 18.4 Å². The number of halogens is 3. The van der Waals surface area contributed by atoms with Crippen LogP contribution in [0.4, 0.5) is 10.1 Å². The van der Waals surface area contributed by atoms with Gasteiger partial charge in [-0.1, -0.05) is 78.4 Å². The summed E-state index contributed by atoms with van der Waals surface area (Å²) in [6, 6.07) is 15.2. The number of para-hydroxylation sites is 1. The maximum atomic E-state index is 15.1. The fraction of sp³-hybridized carbons (Fsp3) is 0.355. The van der Waals surface area contributed by atoms with Gasteiger partial charge >= 0.3 is 0 Å². The molecule has 0 bridgehead atoms. The number of carbonyl (C=O) groups excluding carboxylic acids is 2. The number of carbonyl (C=O) groups is 2. The van der Waals surface area contributed by atoms with E-state index in [9.17, 15) is 18.0 Å². The summed E-state index contributed by atoms with van der Waals surface area (Å²) in [4.78, 5) is 28.6. The van der Waals surface area contributed by atoms with E-state index in [0.29, 0.717) is 15.6 Å². The smallest absolute Gasteiger partial charge is 0.264 e. The van der Waals surface area contributed by atoms with Crippen molar-refractivity contribution in [1.29, 1.82) is 0 Å². The van der Waals surface area contributed by atoms with E-state index in [-0.39, 0.29) is 29.1 Å². The summed E-state index contributed by atoms with van der Waals surface area (Å²) in [5, 5.41) is 3.73. The zero-order valence-electron chi connectivity index (χ0n) is 23.5. The van der Waals surface area contributed by atoms with Gasteiger partial charge in [0.2, 0.25) is 11.8 Å². The molecule has 0 aliphatic heterocycles. The van der Waals surface area contributed by atoms with Gasteiger partial charge in [0.05, 0.1) is 10.6 Å². The minimum absolute atomic E-state index is 0.00148. The van der Waals surface area contributed by atoms with Crippen LogP contribution in [-0.4, -0.2) is 43.8 Å². The van der Waals surface area contributed by atoms with Crippen molar-refractivity contribution in [1.82, 2.24) is 10.2 Å². The Morgan fingerprint density at radius 1 is 1.00 bits per heavy atom. The maximum absolute atomic E-state index is 15.1. The number of amides is 2. The number of nitrogens with zero attached hydrogens (tertiary/aromatic N) is 2. The summed E-state index contributed by atoms with van der Waals surface area (Å²) in [7, 11) is -4.38. The molecule has 0 spiro atoms. The number of sulfonamides is 1. The van der Waals surface area contributed by atoms with Gasteiger partial charge in [0.25, 0.3) is 10.0 Å². The molecule has 3 aromatic rings. The number of benzene rings is 3. The van der Waals surface area contributed by atoms with E-state index < -0.39 is 34.3 Å². The van der Waals surface area contributed by atoms with Crippen molar-refractivity contribution in [2.75, 3.05) is 10.8 Å². The van der Waals surface area contributed by atoms with Gasteiger partial charge in [0, 0.05) is 22.6 Å². The lowest BCUT2D eigenvalue weighted by Crippen LogP contribution is -2.53. The van der Waals surface area contributed by atoms with Gasteiger partial charge in [-0.15, -0.1) is 0 Å². The van der Waals surface area contributed by atoms with Crippen molar-refractivity contribution in [3.8, 4) is 0 Å². The van der Waals surface area contributed by atoms with Crippen molar-refractivity contribution in [3.05, 3.63) is 93.7 Å². The highest BCUT2D eigenvalue weighted by Crippen LogP contribution is 2.28. The summed E-state index contributed by atoms with van der Waals surface area (Å²) in [6.45, 7) is 2.56. The van der Waals surface area contributed by atoms with E-state index in [1.807, 2.05) is 6.92 Å². The first-order valence-electron chi connectivity index (χ1n) is 13.8. The zero-order valence-corrected chi connectivity index (χ0v) is 25.9. The second kappa shape index (κ2) is 13.9. The number of aryl methyl sites for hydroxylation is 1. The summed E-state index contributed by atoms with van der Waals surface area (Å²) >= 11 is 12.5. The molecule has 2 amide bonds. The maximum Gasteiger partial charge on any atom is 0.264 e. The Kier molecular flexibility index (Phi) is 10.5. The molecule has 1 aliphatic carbocycles. The lowest BCUT2D eigenvalue weighted by Gasteiger charge is -2.33. The lowest BCUT2D eigenvalue weighted by atomic mass is 9.95. The molecule has 0 unspecified atom stereocenters. The molecule has 7 nitrogen and oxygen atoms in total. The first-order chi connectivity index (χ1) is 20.0. The molecule has 1 saturated carbocycles. The van der Waals surface area contributed by atoms with E-state index >= 15 is 4.39 Å². The third kappa shape index (κ3) is 7.62. The van der Waals surface area contributed by atoms with Crippen LogP contribution in [0.1, 0.15) is 50.2 Å². The predicted molar refractivity (Wildman–Crippen MR) is 164 cm³/mol. The molecular weight excluding hydrogens is 600 g/mol. The summed E-state index contributed by atoms with van der Waals surface area (Å²) in [6.07, 6.45) is 4.84. The Bertz CT molecular complexity index is 1530. The third-order valence-electron chi connectivity index (χ3n) is 7.48. The third-order valence-corrected chi connectivity index (χ3v) is 9.84. The monoisotopic (exact) mass is 633 g/mol. The van der Waals surface area contributed by atoms with Crippen molar-refractivity contribution in [3.63, 3.8) is 0 Å². The summed E-state index contributed by atoms with van der Waals surface area (Å²) in [5.41, 5.74) is 1.08. The normalized spacial score (nSPS) is 14.7. The van der Waals surface area contributed by atoms with E-state index in [2.05, 4.69) is 5.32 Å². The van der Waals surface area contributed by atoms with Crippen molar-refractivity contribution in [2.24, 2.45) is 0 Å². The second-order valence-corrected chi connectivity index (χ2v) is 13.3. The second-order valence-electron chi connectivity index (χ2n) is 10.6. The fourth-order valence-electron chi connectivity index (χ4n) is 4.99. The Morgan fingerprint density at radius 3 is 2.31 bits per heavy atom. The molecule has 42 heavy (non-hydrogen) atoms. The molecule has 0 aromatic heterocycles. The predicted octanol–water partition coefficient (Wildman–Crippen LogP) is 6.50. The van der Waals surface area contributed by atoms with E-state index in [0.717, 1.165) is 48.0 Å². The summed E-state index contributed by atoms with van der Waals surface area (Å²) in [5.74, 6) is -1.87. The van der Waals surface area contributed by atoms with Crippen LogP contribution in [0.5, 0.6) is 0 Å². The number of rotatable bonds is 10. The molecule has 0 heterocycles. The van der Waals surface area contributed by atoms with Crippen LogP contribution >= 0.6 is 23.2 Å².